The molecule has 1 aromatic rings. The van der Waals surface area contributed by atoms with Crippen LogP contribution in [-0.2, 0) is 6.42 Å². The van der Waals surface area contributed by atoms with Crippen molar-refractivity contribution in [3.05, 3.63) is 24.2 Å². The number of rotatable bonds is 7. The van der Waals surface area contributed by atoms with Crippen LogP contribution in [0.25, 0.3) is 0 Å². The second-order valence-corrected chi connectivity index (χ2v) is 6.03. The van der Waals surface area contributed by atoms with E-state index in [1.165, 1.54) is 38.5 Å². The molecule has 0 aromatic carbocycles. The maximum atomic E-state index is 5.54. The van der Waals surface area contributed by atoms with Gasteiger partial charge in [-0.3, -0.25) is 0 Å². The van der Waals surface area contributed by atoms with Crippen LogP contribution in [0.15, 0.2) is 22.8 Å². The zero-order chi connectivity index (χ0) is 13.5. The molecule has 1 unspecified atom stereocenters. The van der Waals surface area contributed by atoms with E-state index in [0.29, 0.717) is 6.04 Å². The normalized spacial score (nSPS) is 25.4. The van der Waals surface area contributed by atoms with E-state index in [4.69, 9.17) is 4.42 Å². The zero-order valence-electron chi connectivity index (χ0n) is 12.5. The van der Waals surface area contributed by atoms with E-state index in [1.807, 2.05) is 6.07 Å². The summed E-state index contributed by atoms with van der Waals surface area (Å²) in [6.45, 7) is 5.70. The van der Waals surface area contributed by atoms with Gasteiger partial charge in [0.2, 0.25) is 0 Å². The topological polar surface area (TPSA) is 25.2 Å². The molecule has 0 spiro atoms. The van der Waals surface area contributed by atoms with Crippen LogP contribution in [-0.4, -0.2) is 12.6 Å². The van der Waals surface area contributed by atoms with Crippen LogP contribution in [0.5, 0.6) is 0 Å². The average Bonchev–Trinajstić information content (AvgIpc) is 2.96. The summed E-state index contributed by atoms with van der Waals surface area (Å²) in [5.74, 6) is 2.94. The van der Waals surface area contributed by atoms with Gasteiger partial charge in [-0.05, 0) is 49.8 Å². The van der Waals surface area contributed by atoms with Crippen LogP contribution < -0.4 is 5.32 Å². The lowest BCUT2D eigenvalue weighted by atomic mass is 9.76. The van der Waals surface area contributed by atoms with Crippen molar-refractivity contribution < 1.29 is 4.42 Å². The zero-order valence-corrected chi connectivity index (χ0v) is 12.5. The summed E-state index contributed by atoms with van der Waals surface area (Å²) in [6, 6.07) is 4.71. The third-order valence-corrected chi connectivity index (χ3v) is 4.70. The van der Waals surface area contributed by atoms with Crippen molar-refractivity contribution in [1.29, 1.82) is 0 Å². The van der Waals surface area contributed by atoms with Crippen molar-refractivity contribution in [3.63, 3.8) is 0 Å². The van der Waals surface area contributed by atoms with Crippen molar-refractivity contribution in [2.75, 3.05) is 6.54 Å². The standard InChI is InChI=1S/C17H29NO/c1-3-11-18-17(13-16-6-5-12-19-16)15-9-7-14(4-2)8-10-15/h5-6,12,14-15,17-18H,3-4,7-11,13H2,1-2H3. The number of furan rings is 1. The Bertz CT molecular complexity index is 325. The molecule has 2 rings (SSSR count). The lowest BCUT2D eigenvalue weighted by Gasteiger charge is -2.34. The van der Waals surface area contributed by atoms with E-state index >= 15 is 0 Å². The highest BCUT2D eigenvalue weighted by atomic mass is 16.3. The fourth-order valence-electron chi connectivity index (χ4n) is 3.38. The molecule has 0 aliphatic heterocycles. The molecule has 1 aliphatic rings. The van der Waals surface area contributed by atoms with E-state index in [-0.39, 0.29) is 0 Å². The Kier molecular flexibility index (Phi) is 5.96. The predicted octanol–water partition coefficient (Wildman–Crippen LogP) is 4.41. The molecule has 108 valence electrons. The van der Waals surface area contributed by atoms with Crippen LogP contribution in [0.3, 0.4) is 0 Å². The summed E-state index contributed by atoms with van der Waals surface area (Å²) in [5.41, 5.74) is 0. The molecule has 1 N–H and O–H groups in total. The molecule has 0 bridgehead atoms. The Labute approximate surface area is 118 Å². The Morgan fingerprint density at radius 3 is 2.63 bits per heavy atom. The van der Waals surface area contributed by atoms with E-state index < -0.39 is 0 Å². The minimum atomic E-state index is 0.601. The highest BCUT2D eigenvalue weighted by molar-refractivity contribution is 5.01. The SMILES string of the molecule is CCCNC(Cc1ccco1)C1CCC(CC)CC1. The third kappa shape index (κ3) is 4.38. The van der Waals surface area contributed by atoms with Crippen LogP contribution in [0.4, 0.5) is 0 Å². The van der Waals surface area contributed by atoms with E-state index in [0.717, 1.165) is 30.6 Å². The van der Waals surface area contributed by atoms with Gasteiger partial charge >= 0.3 is 0 Å². The first kappa shape index (κ1) is 14.6. The number of hydrogen-bond donors (Lipinski definition) is 1. The average molecular weight is 263 g/mol. The van der Waals surface area contributed by atoms with E-state index in [9.17, 15) is 0 Å². The van der Waals surface area contributed by atoms with Gasteiger partial charge in [-0.1, -0.05) is 33.1 Å². The second kappa shape index (κ2) is 7.74. The molecular formula is C17H29NO. The number of nitrogens with one attached hydrogen (secondary N) is 1. The first-order valence-electron chi connectivity index (χ1n) is 8.09. The van der Waals surface area contributed by atoms with E-state index in [2.05, 4.69) is 25.2 Å². The first-order chi connectivity index (χ1) is 9.33. The van der Waals surface area contributed by atoms with Gasteiger partial charge in [-0.15, -0.1) is 0 Å². The van der Waals surface area contributed by atoms with Crippen molar-refractivity contribution in [3.8, 4) is 0 Å². The summed E-state index contributed by atoms with van der Waals surface area (Å²) in [7, 11) is 0. The van der Waals surface area contributed by atoms with Gasteiger partial charge in [0, 0.05) is 12.5 Å². The van der Waals surface area contributed by atoms with Gasteiger partial charge in [-0.2, -0.15) is 0 Å². The first-order valence-corrected chi connectivity index (χ1v) is 8.09. The molecule has 1 heterocycles. The molecule has 1 fully saturated rings. The van der Waals surface area contributed by atoms with Gasteiger partial charge in [-0.25, -0.2) is 0 Å². The molecule has 0 amide bonds. The second-order valence-electron chi connectivity index (χ2n) is 6.03. The Morgan fingerprint density at radius 1 is 1.26 bits per heavy atom. The molecule has 19 heavy (non-hydrogen) atoms. The van der Waals surface area contributed by atoms with Gasteiger partial charge < -0.3 is 9.73 Å². The maximum absolute atomic E-state index is 5.54. The van der Waals surface area contributed by atoms with Gasteiger partial charge in [0.05, 0.1) is 6.26 Å². The molecule has 0 radical (unpaired) electrons. The van der Waals surface area contributed by atoms with Gasteiger partial charge in [0.15, 0.2) is 0 Å². The summed E-state index contributed by atoms with van der Waals surface area (Å²) in [6.07, 6.45) is 11.0. The highest BCUT2D eigenvalue weighted by Crippen LogP contribution is 2.33. The van der Waals surface area contributed by atoms with E-state index in [1.54, 1.807) is 6.26 Å². The van der Waals surface area contributed by atoms with Crippen LogP contribution in [0, 0.1) is 11.8 Å². The highest BCUT2D eigenvalue weighted by Gasteiger charge is 2.27. The smallest absolute Gasteiger partial charge is 0.105 e. The van der Waals surface area contributed by atoms with Gasteiger partial charge in [0.1, 0.15) is 5.76 Å². The van der Waals surface area contributed by atoms with Crippen LogP contribution in [0.2, 0.25) is 0 Å². The fourth-order valence-corrected chi connectivity index (χ4v) is 3.38. The molecule has 2 heteroatoms. The monoisotopic (exact) mass is 263 g/mol. The quantitative estimate of drug-likeness (QED) is 0.788. The Hall–Kier alpha value is -0.760. The fraction of sp³-hybridized carbons (Fsp3) is 0.765. The summed E-state index contributed by atoms with van der Waals surface area (Å²) in [4.78, 5) is 0. The third-order valence-electron chi connectivity index (χ3n) is 4.70. The summed E-state index contributed by atoms with van der Waals surface area (Å²) in [5, 5.41) is 3.75. The summed E-state index contributed by atoms with van der Waals surface area (Å²) >= 11 is 0. The van der Waals surface area contributed by atoms with Crippen LogP contribution >= 0.6 is 0 Å². The molecule has 1 saturated carbocycles. The molecule has 0 saturated heterocycles. The van der Waals surface area contributed by atoms with Crippen molar-refractivity contribution in [2.45, 2.75) is 64.8 Å². The largest absolute Gasteiger partial charge is 0.469 e. The summed E-state index contributed by atoms with van der Waals surface area (Å²) < 4.78 is 5.54. The molecule has 2 nitrogen and oxygen atoms in total. The molecule has 1 atom stereocenters. The Morgan fingerprint density at radius 2 is 2.05 bits per heavy atom. The lowest BCUT2D eigenvalue weighted by Crippen LogP contribution is -2.40. The van der Waals surface area contributed by atoms with Crippen molar-refractivity contribution >= 4 is 0 Å². The number of hydrogen-bond acceptors (Lipinski definition) is 2. The lowest BCUT2D eigenvalue weighted by molar-refractivity contribution is 0.212. The predicted molar refractivity (Wildman–Crippen MR) is 80.2 cm³/mol. The minimum absolute atomic E-state index is 0.601. The van der Waals surface area contributed by atoms with Crippen molar-refractivity contribution in [1.82, 2.24) is 5.32 Å². The molecule has 1 aliphatic carbocycles. The molecular weight excluding hydrogens is 234 g/mol. The van der Waals surface area contributed by atoms with Crippen molar-refractivity contribution in [2.24, 2.45) is 11.8 Å². The van der Waals surface area contributed by atoms with Gasteiger partial charge in [0.25, 0.3) is 0 Å². The Balaban J connectivity index is 1.89. The molecule has 1 aromatic heterocycles. The maximum Gasteiger partial charge on any atom is 0.105 e. The minimum Gasteiger partial charge on any atom is -0.469 e. The van der Waals surface area contributed by atoms with Crippen LogP contribution in [0.1, 0.15) is 58.1 Å².